The third kappa shape index (κ3) is 2.87. The molecular weight excluding hydrogens is 202 g/mol. The summed E-state index contributed by atoms with van der Waals surface area (Å²) in [5.74, 6) is 0.877. The molecule has 2 aromatic rings. The number of hydrogen-bond donors (Lipinski definition) is 1. The second-order valence-corrected chi connectivity index (χ2v) is 3.61. The molecule has 2 N–H and O–H groups in total. The van der Waals surface area contributed by atoms with Crippen LogP contribution in [0.5, 0.6) is 5.75 Å². The van der Waals surface area contributed by atoms with Gasteiger partial charge in [-0.2, -0.15) is 0 Å². The minimum absolute atomic E-state index is 0.0255. The lowest BCUT2D eigenvalue weighted by Crippen LogP contribution is -2.13. The quantitative estimate of drug-likeness (QED) is 0.837. The average molecular weight is 217 g/mol. The predicted molar refractivity (Wildman–Crippen MR) is 62.2 cm³/mol. The summed E-state index contributed by atoms with van der Waals surface area (Å²) in [5.41, 5.74) is 6.97. The molecule has 0 bridgehead atoms. The summed E-state index contributed by atoms with van der Waals surface area (Å²) in [6.45, 7) is 0.608. The van der Waals surface area contributed by atoms with Crippen LogP contribution in [0.3, 0.4) is 0 Å². The van der Waals surface area contributed by atoms with Crippen LogP contribution in [0.2, 0.25) is 0 Å². The van der Waals surface area contributed by atoms with Gasteiger partial charge < -0.3 is 14.9 Å². The Morgan fingerprint density at radius 3 is 2.69 bits per heavy atom. The molecule has 16 heavy (non-hydrogen) atoms. The van der Waals surface area contributed by atoms with Gasteiger partial charge in [-0.25, -0.2) is 0 Å². The van der Waals surface area contributed by atoms with E-state index in [0.717, 1.165) is 17.7 Å². The Labute approximate surface area is 94.8 Å². The third-order valence-electron chi connectivity index (χ3n) is 2.41. The highest BCUT2D eigenvalue weighted by atomic mass is 16.5. The minimum Gasteiger partial charge on any atom is -0.494 e. The third-order valence-corrected chi connectivity index (χ3v) is 2.41. The van der Waals surface area contributed by atoms with Crippen molar-refractivity contribution in [1.82, 2.24) is 0 Å². The SMILES string of the molecule is NC(CCOc1ccccc1)c1ccoc1. The summed E-state index contributed by atoms with van der Waals surface area (Å²) >= 11 is 0. The molecule has 2 rings (SSSR count). The molecule has 1 aromatic carbocycles. The van der Waals surface area contributed by atoms with E-state index in [0.29, 0.717) is 6.61 Å². The topological polar surface area (TPSA) is 48.4 Å². The molecule has 0 fully saturated rings. The first-order chi connectivity index (χ1) is 7.86. The molecular formula is C13H15NO2. The van der Waals surface area contributed by atoms with Gasteiger partial charge in [-0.1, -0.05) is 18.2 Å². The molecule has 3 heteroatoms. The first kappa shape index (κ1) is 10.8. The van der Waals surface area contributed by atoms with Crippen molar-refractivity contribution >= 4 is 0 Å². The van der Waals surface area contributed by atoms with Crippen LogP contribution in [0.15, 0.2) is 53.3 Å². The Morgan fingerprint density at radius 1 is 1.19 bits per heavy atom. The van der Waals surface area contributed by atoms with Crippen molar-refractivity contribution in [3.8, 4) is 5.75 Å². The zero-order chi connectivity index (χ0) is 11.2. The van der Waals surface area contributed by atoms with Gasteiger partial charge in [-0.05, 0) is 18.2 Å². The zero-order valence-electron chi connectivity index (χ0n) is 9.00. The number of furan rings is 1. The number of para-hydroxylation sites is 1. The van der Waals surface area contributed by atoms with E-state index in [1.165, 1.54) is 0 Å². The predicted octanol–water partition coefficient (Wildman–Crippen LogP) is 2.75. The Morgan fingerprint density at radius 2 is 2.00 bits per heavy atom. The fourth-order valence-electron chi connectivity index (χ4n) is 1.47. The molecule has 1 aromatic heterocycles. The fourth-order valence-corrected chi connectivity index (χ4v) is 1.47. The van der Waals surface area contributed by atoms with Crippen molar-refractivity contribution in [1.29, 1.82) is 0 Å². The summed E-state index contributed by atoms with van der Waals surface area (Å²) in [6.07, 6.45) is 4.08. The lowest BCUT2D eigenvalue weighted by molar-refractivity contribution is 0.298. The fraction of sp³-hybridized carbons (Fsp3) is 0.231. The van der Waals surface area contributed by atoms with Gasteiger partial charge in [0, 0.05) is 18.0 Å². The van der Waals surface area contributed by atoms with Gasteiger partial charge >= 0.3 is 0 Å². The highest BCUT2D eigenvalue weighted by Crippen LogP contribution is 2.15. The van der Waals surface area contributed by atoms with Crippen LogP contribution in [0.25, 0.3) is 0 Å². The maximum Gasteiger partial charge on any atom is 0.119 e. The van der Waals surface area contributed by atoms with Crippen LogP contribution in [-0.4, -0.2) is 6.61 Å². The van der Waals surface area contributed by atoms with Gasteiger partial charge in [0.2, 0.25) is 0 Å². The van der Waals surface area contributed by atoms with E-state index in [1.807, 2.05) is 36.4 Å². The number of hydrogen-bond acceptors (Lipinski definition) is 3. The van der Waals surface area contributed by atoms with Crippen molar-refractivity contribution in [2.24, 2.45) is 5.73 Å². The van der Waals surface area contributed by atoms with Gasteiger partial charge in [-0.3, -0.25) is 0 Å². The molecule has 0 saturated carbocycles. The van der Waals surface area contributed by atoms with Gasteiger partial charge in [0.05, 0.1) is 19.1 Å². The molecule has 84 valence electrons. The largest absolute Gasteiger partial charge is 0.494 e. The van der Waals surface area contributed by atoms with E-state index in [2.05, 4.69) is 0 Å². The molecule has 0 aliphatic heterocycles. The number of benzene rings is 1. The van der Waals surface area contributed by atoms with Gasteiger partial charge in [0.15, 0.2) is 0 Å². The monoisotopic (exact) mass is 217 g/mol. The molecule has 0 radical (unpaired) electrons. The first-order valence-electron chi connectivity index (χ1n) is 5.32. The molecule has 0 saturated heterocycles. The van der Waals surface area contributed by atoms with Gasteiger partial charge in [-0.15, -0.1) is 0 Å². The molecule has 1 atom stereocenters. The Hall–Kier alpha value is -1.74. The summed E-state index contributed by atoms with van der Waals surface area (Å²) < 4.78 is 10.5. The second-order valence-electron chi connectivity index (χ2n) is 3.61. The first-order valence-corrected chi connectivity index (χ1v) is 5.32. The molecule has 0 aliphatic carbocycles. The number of ether oxygens (including phenoxy) is 1. The van der Waals surface area contributed by atoms with Crippen LogP contribution in [0.4, 0.5) is 0 Å². The van der Waals surface area contributed by atoms with E-state index in [4.69, 9.17) is 14.9 Å². The van der Waals surface area contributed by atoms with E-state index in [-0.39, 0.29) is 6.04 Å². The standard InChI is InChI=1S/C13H15NO2/c14-13(11-6-8-15-10-11)7-9-16-12-4-2-1-3-5-12/h1-6,8,10,13H,7,9,14H2. The molecule has 1 heterocycles. The van der Waals surface area contributed by atoms with Crippen molar-refractivity contribution in [2.75, 3.05) is 6.61 Å². The second kappa shape index (κ2) is 5.37. The highest BCUT2D eigenvalue weighted by Gasteiger charge is 2.06. The Balaban J connectivity index is 1.76. The summed E-state index contributed by atoms with van der Waals surface area (Å²) in [4.78, 5) is 0. The molecule has 3 nitrogen and oxygen atoms in total. The maximum absolute atomic E-state index is 5.96. The normalized spacial score (nSPS) is 12.3. The van der Waals surface area contributed by atoms with Crippen molar-refractivity contribution in [3.63, 3.8) is 0 Å². The number of rotatable bonds is 5. The van der Waals surface area contributed by atoms with Crippen LogP contribution < -0.4 is 10.5 Å². The summed E-state index contributed by atoms with van der Waals surface area (Å²) in [5, 5.41) is 0. The lowest BCUT2D eigenvalue weighted by atomic mass is 10.1. The number of nitrogens with two attached hydrogens (primary N) is 1. The Kier molecular flexibility index (Phi) is 3.62. The van der Waals surface area contributed by atoms with Crippen LogP contribution in [-0.2, 0) is 0 Å². The van der Waals surface area contributed by atoms with E-state index >= 15 is 0 Å². The molecule has 0 aliphatic rings. The minimum atomic E-state index is -0.0255. The van der Waals surface area contributed by atoms with Crippen molar-refractivity contribution in [3.05, 3.63) is 54.5 Å². The average Bonchev–Trinajstić information content (AvgIpc) is 2.84. The summed E-state index contributed by atoms with van der Waals surface area (Å²) in [7, 11) is 0. The smallest absolute Gasteiger partial charge is 0.119 e. The lowest BCUT2D eigenvalue weighted by Gasteiger charge is -2.10. The van der Waals surface area contributed by atoms with E-state index in [1.54, 1.807) is 12.5 Å². The molecule has 1 unspecified atom stereocenters. The highest BCUT2D eigenvalue weighted by molar-refractivity contribution is 5.20. The van der Waals surface area contributed by atoms with Crippen LogP contribution in [0.1, 0.15) is 18.0 Å². The van der Waals surface area contributed by atoms with Crippen LogP contribution in [0, 0.1) is 0 Å². The van der Waals surface area contributed by atoms with E-state index < -0.39 is 0 Å². The maximum atomic E-state index is 5.96. The van der Waals surface area contributed by atoms with Crippen molar-refractivity contribution < 1.29 is 9.15 Å². The van der Waals surface area contributed by atoms with Gasteiger partial charge in [0.25, 0.3) is 0 Å². The van der Waals surface area contributed by atoms with E-state index in [9.17, 15) is 0 Å². The van der Waals surface area contributed by atoms with Crippen LogP contribution >= 0.6 is 0 Å². The van der Waals surface area contributed by atoms with Crippen molar-refractivity contribution in [2.45, 2.75) is 12.5 Å². The molecule has 0 spiro atoms. The zero-order valence-corrected chi connectivity index (χ0v) is 9.00. The molecule has 0 amide bonds. The Bertz CT molecular complexity index is 397. The summed E-state index contributed by atoms with van der Waals surface area (Å²) in [6, 6.07) is 11.6. The van der Waals surface area contributed by atoms with Gasteiger partial charge in [0.1, 0.15) is 5.75 Å².